The number of hydrogen-bond donors (Lipinski definition) is 5. The van der Waals surface area contributed by atoms with Crippen molar-refractivity contribution < 1.29 is 13.2 Å². The fourth-order valence-corrected chi connectivity index (χ4v) is 4.42. The van der Waals surface area contributed by atoms with Crippen molar-refractivity contribution in [3.63, 3.8) is 0 Å². The molecule has 1 aliphatic rings. The number of nitrogens with zero attached hydrogens (tertiary/aromatic N) is 3. The van der Waals surface area contributed by atoms with Crippen LogP contribution in [0.15, 0.2) is 35.3 Å². The van der Waals surface area contributed by atoms with E-state index in [0.29, 0.717) is 25.5 Å². The highest BCUT2D eigenvalue weighted by atomic mass is 35.5. The van der Waals surface area contributed by atoms with Crippen LogP contribution in [0.4, 0.5) is 11.6 Å². The summed E-state index contributed by atoms with van der Waals surface area (Å²) in [6, 6.07) is 9.09. The van der Waals surface area contributed by atoms with Crippen LogP contribution in [-0.4, -0.2) is 49.4 Å². The first-order valence-corrected chi connectivity index (χ1v) is 12.0. The molecule has 0 spiro atoms. The summed E-state index contributed by atoms with van der Waals surface area (Å²) in [6.07, 6.45) is 2.25. The molecule has 1 saturated heterocycles. The van der Waals surface area contributed by atoms with Crippen molar-refractivity contribution in [3.05, 3.63) is 46.7 Å². The van der Waals surface area contributed by atoms with Crippen LogP contribution < -0.4 is 26.8 Å². The van der Waals surface area contributed by atoms with E-state index < -0.39 is 15.9 Å². The Hall–Kier alpha value is -2.96. The van der Waals surface area contributed by atoms with Gasteiger partial charge in [0, 0.05) is 19.1 Å². The molecule has 1 amide bonds. The summed E-state index contributed by atoms with van der Waals surface area (Å²) in [7, 11) is -3.37. The molecule has 7 N–H and O–H groups in total. The van der Waals surface area contributed by atoms with E-state index in [1.54, 1.807) is 12.1 Å². The highest BCUT2D eigenvalue weighted by Crippen LogP contribution is 2.18. The molecule has 11 nitrogen and oxygen atoms in total. The smallest absolute Gasteiger partial charge is 0.302 e. The molecule has 32 heavy (non-hydrogen) atoms. The minimum absolute atomic E-state index is 0.0378. The number of carbonyl (C=O) groups is 1. The van der Waals surface area contributed by atoms with Crippen LogP contribution >= 0.6 is 11.6 Å². The number of hydrogen-bond acceptors (Lipinski definition) is 7. The molecule has 1 atom stereocenters. The van der Waals surface area contributed by atoms with Crippen LogP contribution in [0.3, 0.4) is 0 Å². The van der Waals surface area contributed by atoms with E-state index in [2.05, 4.69) is 30.3 Å². The third kappa shape index (κ3) is 6.77. The van der Waals surface area contributed by atoms with Crippen molar-refractivity contribution in [2.75, 3.05) is 24.6 Å². The van der Waals surface area contributed by atoms with Crippen molar-refractivity contribution in [2.24, 2.45) is 4.99 Å². The lowest BCUT2D eigenvalue weighted by atomic mass is 10.1. The third-order valence-corrected chi connectivity index (χ3v) is 6.31. The van der Waals surface area contributed by atoms with Gasteiger partial charge in [0.05, 0.1) is 5.75 Å². The minimum Gasteiger partial charge on any atom is -0.382 e. The van der Waals surface area contributed by atoms with E-state index in [9.17, 15) is 13.2 Å². The van der Waals surface area contributed by atoms with Crippen LogP contribution in [0, 0.1) is 0 Å². The normalized spacial score (nSPS) is 17.2. The molecule has 0 aliphatic carbocycles. The lowest BCUT2D eigenvalue weighted by molar-refractivity contribution is 0.0998. The summed E-state index contributed by atoms with van der Waals surface area (Å²) >= 11 is 5.79. The topological polar surface area (TPSA) is 177 Å². The average molecular weight is 481 g/mol. The second kappa shape index (κ2) is 10.6. The van der Waals surface area contributed by atoms with Gasteiger partial charge in [0.1, 0.15) is 0 Å². The van der Waals surface area contributed by atoms with Gasteiger partial charge in [0.25, 0.3) is 0 Å². The summed E-state index contributed by atoms with van der Waals surface area (Å²) < 4.78 is 26.9. The molecule has 13 heteroatoms. The zero-order valence-corrected chi connectivity index (χ0v) is 18.8. The van der Waals surface area contributed by atoms with Gasteiger partial charge in [-0.2, -0.15) is 4.99 Å². The van der Waals surface area contributed by atoms with Crippen LogP contribution in [-0.2, 0) is 15.8 Å². The Bertz CT molecular complexity index is 1100. The number of halogens is 1. The van der Waals surface area contributed by atoms with Gasteiger partial charge in [-0.1, -0.05) is 48.4 Å². The van der Waals surface area contributed by atoms with Gasteiger partial charge in [-0.3, -0.25) is 4.79 Å². The lowest BCUT2D eigenvalue weighted by Gasteiger charge is -2.10. The summed E-state index contributed by atoms with van der Waals surface area (Å²) in [5.41, 5.74) is 11.7. The average Bonchev–Trinajstić information content (AvgIpc) is 3.17. The molecule has 1 fully saturated rings. The molecule has 2 aromatic rings. The van der Waals surface area contributed by atoms with Gasteiger partial charge < -0.3 is 22.1 Å². The number of carbonyl (C=O) groups excluding carboxylic acids is 1. The van der Waals surface area contributed by atoms with Crippen molar-refractivity contribution in [1.82, 2.24) is 25.3 Å². The predicted molar refractivity (Wildman–Crippen MR) is 123 cm³/mol. The molecule has 1 aliphatic heterocycles. The quantitative estimate of drug-likeness (QED) is 0.322. The van der Waals surface area contributed by atoms with Gasteiger partial charge in [-0.15, -0.1) is 0 Å². The molecule has 172 valence electrons. The Kier molecular flexibility index (Phi) is 7.83. The number of nitrogens with one attached hydrogen (secondary N) is 3. The molecule has 1 aromatic heterocycles. The lowest BCUT2D eigenvalue weighted by Crippen LogP contribution is -2.30. The molecule has 2 heterocycles. The van der Waals surface area contributed by atoms with E-state index in [1.807, 2.05) is 18.2 Å². The van der Waals surface area contributed by atoms with E-state index in [4.69, 9.17) is 23.1 Å². The molecular weight excluding hydrogens is 456 g/mol. The first-order valence-electron chi connectivity index (χ1n) is 9.96. The number of guanidine groups is 1. The van der Waals surface area contributed by atoms with Crippen LogP contribution in [0.5, 0.6) is 0 Å². The first kappa shape index (κ1) is 23.7. The van der Waals surface area contributed by atoms with Crippen LogP contribution in [0.2, 0.25) is 5.15 Å². The summed E-state index contributed by atoms with van der Waals surface area (Å²) in [4.78, 5) is 23.8. The second-order valence-corrected chi connectivity index (χ2v) is 9.42. The third-order valence-electron chi connectivity index (χ3n) is 4.68. The largest absolute Gasteiger partial charge is 0.382 e. The zero-order chi connectivity index (χ0) is 23.1. The molecule has 0 radical (unpaired) electrons. The Morgan fingerprint density at radius 3 is 2.69 bits per heavy atom. The number of anilines is 2. The predicted octanol–water partition coefficient (Wildman–Crippen LogP) is 0.642. The Labute approximate surface area is 191 Å². The molecule has 0 unspecified atom stereocenters. The number of sulfonamides is 1. The molecular formula is C19H25ClN8O3S. The van der Waals surface area contributed by atoms with Crippen molar-refractivity contribution in [1.29, 1.82) is 0 Å². The molecule has 0 saturated carbocycles. The van der Waals surface area contributed by atoms with Gasteiger partial charge in [0.2, 0.25) is 10.0 Å². The van der Waals surface area contributed by atoms with E-state index in [1.165, 1.54) is 0 Å². The fraction of sp³-hybridized carbons (Fsp3) is 0.368. The summed E-state index contributed by atoms with van der Waals surface area (Å²) in [6.45, 7) is 0.945. The SMILES string of the molecule is Nc1nc(N)c(C(=O)/N=C2\NC[C@@H](CCCCNS(=O)(=O)Cc3ccccc3)N2)nc1Cl. The van der Waals surface area contributed by atoms with E-state index >= 15 is 0 Å². The standard InChI is InChI=1S/C19H25ClN8O3S/c20-15-17(22)27-16(21)14(26-15)18(29)28-19-23-10-13(25-19)8-4-5-9-24-32(30,31)11-12-6-2-1-3-7-12/h1-3,6-7,13,24H,4-5,8-11H2,(H4,21,22,27)(H2,23,25,28,29)/t13-/m1/s1. The number of rotatable bonds is 9. The van der Waals surface area contributed by atoms with Crippen molar-refractivity contribution in [2.45, 2.75) is 31.1 Å². The van der Waals surface area contributed by atoms with Gasteiger partial charge in [0.15, 0.2) is 28.4 Å². The molecule has 0 bridgehead atoms. The monoisotopic (exact) mass is 480 g/mol. The van der Waals surface area contributed by atoms with E-state index in [0.717, 1.165) is 18.4 Å². The maximum atomic E-state index is 12.3. The number of benzene rings is 1. The van der Waals surface area contributed by atoms with Gasteiger partial charge in [-0.25, -0.2) is 23.1 Å². The summed E-state index contributed by atoms with van der Waals surface area (Å²) in [5, 5.41) is 6.00. The second-order valence-electron chi connectivity index (χ2n) is 7.26. The Balaban J connectivity index is 1.40. The number of unbranched alkanes of at least 4 members (excludes halogenated alkanes) is 1. The number of amides is 1. The Morgan fingerprint density at radius 2 is 1.94 bits per heavy atom. The van der Waals surface area contributed by atoms with Crippen molar-refractivity contribution in [3.8, 4) is 0 Å². The Morgan fingerprint density at radius 1 is 1.19 bits per heavy atom. The fourth-order valence-electron chi connectivity index (χ4n) is 3.10. The summed E-state index contributed by atoms with van der Waals surface area (Å²) in [5.74, 6) is -0.638. The highest BCUT2D eigenvalue weighted by molar-refractivity contribution is 7.88. The zero-order valence-electron chi connectivity index (χ0n) is 17.2. The van der Waals surface area contributed by atoms with Crippen LogP contribution in [0.25, 0.3) is 0 Å². The number of aromatic nitrogens is 2. The molecule has 3 rings (SSSR count). The number of nitrogens with two attached hydrogens (primary N) is 2. The maximum Gasteiger partial charge on any atom is 0.302 e. The number of nitrogen functional groups attached to an aromatic ring is 2. The maximum absolute atomic E-state index is 12.3. The number of aliphatic imine (C=N–C) groups is 1. The van der Waals surface area contributed by atoms with Crippen molar-refractivity contribution >= 4 is 45.1 Å². The van der Waals surface area contributed by atoms with E-state index in [-0.39, 0.29) is 34.3 Å². The minimum atomic E-state index is -3.37. The molecule has 1 aromatic carbocycles. The van der Waals surface area contributed by atoms with Gasteiger partial charge >= 0.3 is 5.91 Å². The van der Waals surface area contributed by atoms with Crippen LogP contribution in [0.1, 0.15) is 35.3 Å². The highest BCUT2D eigenvalue weighted by Gasteiger charge is 2.22. The first-order chi connectivity index (χ1) is 15.2. The van der Waals surface area contributed by atoms with Gasteiger partial charge in [-0.05, 0) is 18.4 Å².